The Morgan fingerprint density at radius 3 is 2.82 bits per heavy atom. The van der Waals surface area contributed by atoms with E-state index in [4.69, 9.17) is 0 Å². The summed E-state index contributed by atoms with van der Waals surface area (Å²) in [4.78, 5) is 0. The first-order valence-electron chi connectivity index (χ1n) is 6.03. The number of rotatable bonds is 4. The SMILES string of the molecule is CCC(NC)c1cccc(-n2cc(C)cn2)c1. The average Bonchev–Trinajstić information content (AvgIpc) is 2.78. The van der Waals surface area contributed by atoms with E-state index >= 15 is 0 Å². The zero-order valence-corrected chi connectivity index (χ0v) is 10.6. The molecule has 1 atom stereocenters. The van der Waals surface area contributed by atoms with Crippen molar-refractivity contribution in [1.29, 1.82) is 0 Å². The van der Waals surface area contributed by atoms with Crippen LogP contribution in [0.1, 0.15) is 30.5 Å². The molecular formula is C14H19N3. The minimum atomic E-state index is 0.409. The second-order valence-corrected chi connectivity index (χ2v) is 4.31. The molecule has 1 unspecified atom stereocenters. The third-order valence-corrected chi connectivity index (χ3v) is 3.01. The second-order valence-electron chi connectivity index (χ2n) is 4.31. The summed E-state index contributed by atoms with van der Waals surface area (Å²) in [6.07, 6.45) is 5.00. The lowest BCUT2D eigenvalue weighted by Gasteiger charge is -2.15. The number of hydrogen-bond donors (Lipinski definition) is 1. The molecule has 0 aliphatic carbocycles. The molecule has 2 rings (SSSR count). The van der Waals surface area contributed by atoms with Gasteiger partial charge in [0.1, 0.15) is 0 Å². The fourth-order valence-corrected chi connectivity index (χ4v) is 2.04. The Kier molecular flexibility index (Phi) is 3.59. The molecule has 1 aromatic carbocycles. The Balaban J connectivity index is 2.34. The number of benzene rings is 1. The lowest BCUT2D eigenvalue weighted by atomic mass is 10.0. The first kappa shape index (κ1) is 11.9. The highest BCUT2D eigenvalue weighted by atomic mass is 15.3. The number of nitrogens with zero attached hydrogens (tertiary/aromatic N) is 2. The van der Waals surface area contributed by atoms with Crippen molar-refractivity contribution in [2.75, 3.05) is 7.05 Å². The van der Waals surface area contributed by atoms with Crippen molar-refractivity contribution in [3.63, 3.8) is 0 Å². The zero-order valence-electron chi connectivity index (χ0n) is 10.6. The Morgan fingerprint density at radius 2 is 2.24 bits per heavy atom. The minimum absolute atomic E-state index is 0.409. The molecule has 17 heavy (non-hydrogen) atoms. The number of hydrogen-bond acceptors (Lipinski definition) is 2. The van der Waals surface area contributed by atoms with Gasteiger partial charge in [-0.15, -0.1) is 0 Å². The normalized spacial score (nSPS) is 12.6. The van der Waals surface area contributed by atoms with Gasteiger partial charge in [-0.2, -0.15) is 5.10 Å². The standard InChI is InChI=1S/C14H19N3/c1-4-14(15-3)12-6-5-7-13(8-12)17-10-11(2)9-16-17/h5-10,14-15H,4H2,1-3H3. The van der Waals surface area contributed by atoms with E-state index < -0.39 is 0 Å². The Bertz CT molecular complexity index is 484. The molecule has 1 N–H and O–H groups in total. The van der Waals surface area contributed by atoms with E-state index in [0.29, 0.717) is 6.04 Å². The molecule has 0 saturated heterocycles. The van der Waals surface area contributed by atoms with Gasteiger partial charge in [0.2, 0.25) is 0 Å². The maximum absolute atomic E-state index is 4.33. The third kappa shape index (κ3) is 2.56. The fraction of sp³-hybridized carbons (Fsp3) is 0.357. The van der Waals surface area contributed by atoms with Crippen molar-refractivity contribution in [3.05, 3.63) is 47.8 Å². The summed E-state index contributed by atoms with van der Waals surface area (Å²) in [6.45, 7) is 4.24. The molecule has 90 valence electrons. The van der Waals surface area contributed by atoms with Gasteiger partial charge >= 0.3 is 0 Å². The second kappa shape index (κ2) is 5.15. The molecule has 3 nitrogen and oxygen atoms in total. The molecule has 0 saturated carbocycles. The Hall–Kier alpha value is -1.61. The van der Waals surface area contributed by atoms with Crippen LogP contribution < -0.4 is 5.32 Å². The summed E-state index contributed by atoms with van der Waals surface area (Å²) in [5.41, 5.74) is 3.60. The van der Waals surface area contributed by atoms with Gasteiger partial charge in [-0.3, -0.25) is 0 Å². The van der Waals surface area contributed by atoms with Crippen molar-refractivity contribution >= 4 is 0 Å². The quantitative estimate of drug-likeness (QED) is 0.873. The van der Waals surface area contributed by atoms with Crippen molar-refractivity contribution in [2.45, 2.75) is 26.3 Å². The van der Waals surface area contributed by atoms with Crippen LogP contribution in [-0.4, -0.2) is 16.8 Å². The van der Waals surface area contributed by atoms with E-state index in [1.807, 2.05) is 24.1 Å². The molecule has 1 aromatic heterocycles. The monoisotopic (exact) mass is 229 g/mol. The van der Waals surface area contributed by atoms with E-state index in [0.717, 1.165) is 12.1 Å². The van der Waals surface area contributed by atoms with Gasteiger partial charge in [-0.05, 0) is 43.7 Å². The van der Waals surface area contributed by atoms with Crippen LogP contribution in [0.25, 0.3) is 5.69 Å². The van der Waals surface area contributed by atoms with Crippen LogP contribution in [-0.2, 0) is 0 Å². The predicted molar refractivity (Wildman–Crippen MR) is 70.4 cm³/mol. The van der Waals surface area contributed by atoms with Crippen LogP contribution in [0, 0.1) is 6.92 Å². The van der Waals surface area contributed by atoms with Gasteiger partial charge in [-0.1, -0.05) is 19.1 Å². The average molecular weight is 229 g/mol. The van der Waals surface area contributed by atoms with E-state index in [9.17, 15) is 0 Å². The highest BCUT2D eigenvalue weighted by molar-refractivity contribution is 5.36. The summed E-state index contributed by atoms with van der Waals surface area (Å²) in [6, 6.07) is 8.92. The molecule has 3 heteroatoms. The molecule has 0 bridgehead atoms. The Morgan fingerprint density at radius 1 is 1.41 bits per heavy atom. The van der Waals surface area contributed by atoms with Crippen LogP contribution in [0.2, 0.25) is 0 Å². The smallest absolute Gasteiger partial charge is 0.0648 e. The van der Waals surface area contributed by atoms with Gasteiger partial charge < -0.3 is 5.32 Å². The molecule has 0 fully saturated rings. The molecule has 0 aliphatic heterocycles. The fourth-order valence-electron chi connectivity index (χ4n) is 2.04. The maximum atomic E-state index is 4.33. The summed E-state index contributed by atoms with van der Waals surface area (Å²) in [7, 11) is 2.00. The van der Waals surface area contributed by atoms with Crippen molar-refractivity contribution in [1.82, 2.24) is 15.1 Å². The van der Waals surface area contributed by atoms with Crippen LogP contribution in [0.3, 0.4) is 0 Å². The van der Waals surface area contributed by atoms with Crippen LogP contribution >= 0.6 is 0 Å². The minimum Gasteiger partial charge on any atom is -0.313 e. The van der Waals surface area contributed by atoms with E-state index in [2.05, 4.69) is 48.5 Å². The van der Waals surface area contributed by atoms with Crippen molar-refractivity contribution in [2.24, 2.45) is 0 Å². The largest absolute Gasteiger partial charge is 0.313 e. The summed E-state index contributed by atoms with van der Waals surface area (Å²) >= 11 is 0. The lowest BCUT2D eigenvalue weighted by Crippen LogP contribution is -2.15. The zero-order chi connectivity index (χ0) is 12.3. The van der Waals surface area contributed by atoms with Crippen molar-refractivity contribution < 1.29 is 0 Å². The van der Waals surface area contributed by atoms with E-state index in [1.54, 1.807) is 0 Å². The maximum Gasteiger partial charge on any atom is 0.0648 e. The third-order valence-electron chi connectivity index (χ3n) is 3.01. The molecular weight excluding hydrogens is 210 g/mol. The first-order valence-corrected chi connectivity index (χ1v) is 6.03. The van der Waals surface area contributed by atoms with E-state index in [1.165, 1.54) is 11.1 Å². The van der Waals surface area contributed by atoms with Gasteiger partial charge in [0.25, 0.3) is 0 Å². The lowest BCUT2D eigenvalue weighted by molar-refractivity contribution is 0.576. The number of aromatic nitrogens is 2. The van der Waals surface area contributed by atoms with Crippen molar-refractivity contribution in [3.8, 4) is 5.69 Å². The molecule has 0 amide bonds. The molecule has 1 heterocycles. The molecule has 0 spiro atoms. The highest BCUT2D eigenvalue weighted by Gasteiger charge is 2.07. The molecule has 0 radical (unpaired) electrons. The summed E-state index contributed by atoms with van der Waals surface area (Å²) < 4.78 is 1.92. The summed E-state index contributed by atoms with van der Waals surface area (Å²) in [5.74, 6) is 0. The first-order chi connectivity index (χ1) is 8.24. The number of aryl methyl sites for hydroxylation is 1. The Labute approximate surface area is 102 Å². The topological polar surface area (TPSA) is 29.9 Å². The van der Waals surface area contributed by atoms with Crippen LogP contribution in [0.5, 0.6) is 0 Å². The van der Waals surface area contributed by atoms with Crippen LogP contribution in [0.15, 0.2) is 36.7 Å². The van der Waals surface area contributed by atoms with Gasteiger partial charge in [-0.25, -0.2) is 4.68 Å². The predicted octanol–water partition coefficient (Wildman–Crippen LogP) is 2.85. The van der Waals surface area contributed by atoms with Gasteiger partial charge in [0, 0.05) is 12.2 Å². The van der Waals surface area contributed by atoms with Gasteiger partial charge in [0.15, 0.2) is 0 Å². The highest BCUT2D eigenvalue weighted by Crippen LogP contribution is 2.19. The van der Waals surface area contributed by atoms with Crippen LogP contribution in [0.4, 0.5) is 0 Å². The number of nitrogens with one attached hydrogen (secondary N) is 1. The summed E-state index contributed by atoms with van der Waals surface area (Å²) in [5, 5.41) is 7.66. The van der Waals surface area contributed by atoms with E-state index in [-0.39, 0.29) is 0 Å². The van der Waals surface area contributed by atoms with Gasteiger partial charge in [0.05, 0.1) is 11.9 Å². The molecule has 0 aliphatic rings. The molecule has 2 aromatic rings.